The quantitative estimate of drug-likeness (QED) is 0.634. The number of para-hydroxylation sites is 1. The van der Waals surface area contributed by atoms with Crippen LogP contribution in [0.2, 0.25) is 0 Å². The maximum Gasteiger partial charge on any atom is 0.134 e. The highest BCUT2D eigenvalue weighted by atomic mass is 16.3. The molecule has 0 saturated heterocycles. The number of pyridine rings is 1. The van der Waals surface area contributed by atoms with Crippen molar-refractivity contribution in [3.05, 3.63) is 76.8 Å². The monoisotopic (exact) mass is 260 g/mol. The highest BCUT2D eigenvalue weighted by Crippen LogP contribution is 2.24. The Morgan fingerprint density at radius 2 is 1.65 bits per heavy atom. The molecule has 96 valence electrons. The topological polar surface area (TPSA) is 42.3 Å². The van der Waals surface area contributed by atoms with E-state index in [-0.39, 0.29) is 0 Å². The van der Waals surface area contributed by atoms with Gasteiger partial charge in [0.05, 0.1) is 11.2 Å². The Hall–Kier alpha value is -2.81. The third-order valence-corrected chi connectivity index (χ3v) is 3.06. The first-order valence-electron chi connectivity index (χ1n) is 6.33. The maximum absolute atomic E-state index is 11.0. The van der Waals surface area contributed by atoms with Crippen LogP contribution in [0.25, 0.3) is 23.1 Å². The number of benzene rings is 2. The van der Waals surface area contributed by atoms with Crippen molar-refractivity contribution in [1.82, 2.24) is 4.98 Å². The van der Waals surface area contributed by atoms with E-state index in [1.165, 1.54) is 0 Å². The number of hydrogen-bond donors (Lipinski definition) is 0. The van der Waals surface area contributed by atoms with Gasteiger partial charge in [-0.3, -0.25) is 0 Å². The summed E-state index contributed by atoms with van der Waals surface area (Å²) in [5.41, 5.74) is 2.85. The van der Waals surface area contributed by atoms with Crippen LogP contribution in [0.5, 0.6) is 0 Å². The first kappa shape index (κ1) is 12.2. The molecular formula is C17H12N2O. The molecule has 0 N–H and O–H groups in total. The largest absolute Gasteiger partial charge is 0.246 e. The molecule has 3 rings (SSSR count). The average molecular weight is 260 g/mol. The fourth-order valence-electron chi connectivity index (χ4n) is 2.05. The van der Waals surface area contributed by atoms with Crippen LogP contribution in [0.1, 0.15) is 11.3 Å². The van der Waals surface area contributed by atoms with Crippen LogP contribution in [0.15, 0.2) is 65.8 Å². The van der Waals surface area contributed by atoms with E-state index < -0.39 is 0 Å². The van der Waals surface area contributed by atoms with E-state index in [1.807, 2.05) is 66.7 Å². The number of nitrogens with zero attached hydrogens (tertiary/aromatic N) is 2. The second kappa shape index (κ2) is 5.45. The van der Waals surface area contributed by atoms with E-state index in [9.17, 15) is 4.91 Å². The molecule has 3 aromatic rings. The summed E-state index contributed by atoms with van der Waals surface area (Å²) < 4.78 is 0. The van der Waals surface area contributed by atoms with Gasteiger partial charge in [-0.25, -0.2) is 4.98 Å². The predicted molar refractivity (Wildman–Crippen MR) is 82.6 cm³/mol. The van der Waals surface area contributed by atoms with Gasteiger partial charge < -0.3 is 0 Å². The Morgan fingerprint density at radius 3 is 2.45 bits per heavy atom. The molecule has 0 spiro atoms. The SMILES string of the molecule is O=Nc1cc2ccccc2nc1C=Cc1ccccc1. The van der Waals surface area contributed by atoms with Crippen molar-refractivity contribution in [2.45, 2.75) is 0 Å². The van der Waals surface area contributed by atoms with Crippen LogP contribution in [0, 0.1) is 4.91 Å². The lowest BCUT2D eigenvalue weighted by Crippen LogP contribution is -1.84. The molecule has 0 aliphatic heterocycles. The van der Waals surface area contributed by atoms with Gasteiger partial charge in [0.25, 0.3) is 0 Å². The number of aromatic nitrogens is 1. The van der Waals surface area contributed by atoms with Gasteiger partial charge >= 0.3 is 0 Å². The normalized spacial score (nSPS) is 11.0. The average Bonchev–Trinajstić information content (AvgIpc) is 2.53. The first-order valence-corrected chi connectivity index (χ1v) is 6.33. The molecule has 0 bridgehead atoms. The van der Waals surface area contributed by atoms with Crippen LogP contribution in [-0.2, 0) is 0 Å². The van der Waals surface area contributed by atoms with E-state index in [4.69, 9.17) is 0 Å². The Balaban J connectivity index is 2.06. The molecule has 0 unspecified atom stereocenters. The summed E-state index contributed by atoms with van der Waals surface area (Å²) in [6, 6.07) is 19.3. The number of hydrogen-bond acceptors (Lipinski definition) is 3. The van der Waals surface area contributed by atoms with Gasteiger partial charge in [0.15, 0.2) is 0 Å². The third-order valence-electron chi connectivity index (χ3n) is 3.06. The molecule has 3 nitrogen and oxygen atoms in total. The Bertz CT molecular complexity index is 779. The number of rotatable bonds is 3. The fourth-order valence-corrected chi connectivity index (χ4v) is 2.05. The fraction of sp³-hybridized carbons (Fsp3) is 0. The van der Waals surface area contributed by atoms with Crippen molar-refractivity contribution in [1.29, 1.82) is 0 Å². The summed E-state index contributed by atoms with van der Waals surface area (Å²) in [5.74, 6) is 0. The van der Waals surface area contributed by atoms with Gasteiger partial charge in [-0.1, -0.05) is 54.6 Å². The molecule has 0 aliphatic carbocycles. The van der Waals surface area contributed by atoms with E-state index in [0.717, 1.165) is 16.5 Å². The highest BCUT2D eigenvalue weighted by Gasteiger charge is 2.04. The zero-order chi connectivity index (χ0) is 13.8. The Kier molecular flexibility index (Phi) is 3.33. The van der Waals surface area contributed by atoms with Crippen molar-refractivity contribution in [2.24, 2.45) is 5.18 Å². The van der Waals surface area contributed by atoms with Crippen LogP contribution < -0.4 is 0 Å². The van der Waals surface area contributed by atoms with Gasteiger partial charge in [0.1, 0.15) is 5.69 Å². The van der Waals surface area contributed by atoms with Crippen LogP contribution in [0.4, 0.5) is 5.69 Å². The lowest BCUT2D eigenvalue weighted by atomic mass is 10.1. The minimum Gasteiger partial charge on any atom is -0.246 e. The van der Waals surface area contributed by atoms with Gasteiger partial charge in [0, 0.05) is 5.39 Å². The molecule has 0 atom stereocenters. The number of fused-ring (bicyclic) bond motifs is 1. The summed E-state index contributed by atoms with van der Waals surface area (Å²) >= 11 is 0. The lowest BCUT2D eigenvalue weighted by Gasteiger charge is -2.01. The molecule has 0 aliphatic rings. The van der Waals surface area contributed by atoms with Gasteiger partial charge in [-0.05, 0) is 28.9 Å². The molecule has 1 aromatic heterocycles. The van der Waals surface area contributed by atoms with E-state index in [0.29, 0.717) is 11.4 Å². The van der Waals surface area contributed by atoms with Crippen molar-refractivity contribution in [2.75, 3.05) is 0 Å². The van der Waals surface area contributed by atoms with Crippen molar-refractivity contribution in [3.63, 3.8) is 0 Å². The predicted octanol–water partition coefficient (Wildman–Crippen LogP) is 4.80. The molecule has 0 radical (unpaired) electrons. The van der Waals surface area contributed by atoms with Gasteiger partial charge in [-0.2, -0.15) is 0 Å². The smallest absolute Gasteiger partial charge is 0.134 e. The van der Waals surface area contributed by atoms with Crippen LogP contribution in [0.3, 0.4) is 0 Å². The van der Waals surface area contributed by atoms with Crippen molar-refractivity contribution in [3.8, 4) is 0 Å². The Labute approximate surface area is 116 Å². The lowest BCUT2D eigenvalue weighted by molar-refractivity contribution is 1.33. The van der Waals surface area contributed by atoms with Crippen molar-refractivity contribution >= 4 is 28.7 Å². The molecule has 0 amide bonds. The molecule has 1 heterocycles. The molecular weight excluding hydrogens is 248 g/mol. The summed E-state index contributed by atoms with van der Waals surface area (Å²) in [6.07, 6.45) is 3.74. The van der Waals surface area contributed by atoms with Gasteiger partial charge in [0.2, 0.25) is 0 Å². The van der Waals surface area contributed by atoms with Crippen LogP contribution in [-0.4, -0.2) is 4.98 Å². The van der Waals surface area contributed by atoms with E-state index >= 15 is 0 Å². The first-order chi connectivity index (χ1) is 9.86. The minimum atomic E-state index is 0.357. The molecule has 20 heavy (non-hydrogen) atoms. The standard InChI is InChI=1S/C17H12N2O/c20-19-17-12-14-8-4-5-9-15(14)18-16(17)11-10-13-6-2-1-3-7-13/h1-12H. The molecule has 2 aromatic carbocycles. The Morgan fingerprint density at radius 1 is 0.900 bits per heavy atom. The third kappa shape index (κ3) is 2.47. The minimum absolute atomic E-state index is 0.357. The number of nitroso groups, excluding NO2 is 1. The zero-order valence-corrected chi connectivity index (χ0v) is 10.7. The summed E-state index contributed by atoms with van der Waals surface area (Å²) in [5, 5.41) is 3.98. The van der Waals surface area contributed by atoms with Crippen molar-refractivity contribution < 1.29 is 0 Å². The second-order valence-corrected chi connectivity index (χ2v) is 4.42. The molecule has 0 saturated carbocycles. The van der Waals surface area contributed by atoms with Crippen LogP contribution >= 0.6 is 0 Å². The highest BCUT2D eigenvalue weighted by molar-refractivity contribution is 5.85. The maximum atomic E-state index is 11.0. The van der Waals surface area contributed by atoms with E-state index in [1.54, 1.807) is 6.07 Å². The summed E-state index contributed by atoms with van der Waals surface area (Å²) in [7, 11) is 0. The summed E-state index contributed by atoms with van der Waals surface area (Å²) in [6.45, 7) is 0. The van der Waals surface area contributed by atoms with E-state index in [2.05, 4.69) is 10.2 Å². The molecule has 0 fully saturated rings. The summed E-state index contributed by atoms with van der Waals surface area (Å²) in [4.78, 5) is 15.4. The van der Waals surface area contributed by atoms with Gasteiger partial charge in [-0.15, -0.1) is 4.91 Å². The molecule has 3 heteroatoms. The zero-order valence-electron chi connectivity index (χ0n) is 10.7. The second-order valence-electron chi connectivity index (χ2n) is 4.42.